The smallest absolute Gasteiger partial charge is 0.231 e. The molecule has 9 rings (SSSR count). The van der Waals surface area contributed by atoms with Gasteiger partial charge in [0.2, 0.25) is 5.71 Å². The van der Waals surface area contributed by atoms with Crippen molar-refractivity contribution < 1.29 is 4.42 Å². The number of rotatable bonds is 6. The SMILES string of the molecule is c1ccc(-c2cccc(-c3ccc(-c4nc(-c5cccc(-c6cccc(-c7ccccc7)c6)c5)c5c(n4)oc4ccccc45)cc3)c2)cc1. The van der Waals surface area contributed by atoms with E-state index in [9.17, 15) is 0 Å². The highest BCUT2D eigenvalue weighted by molar-refractivity contribution is 6.10. The van der Waals surface area contributed by atoms with Crippen molar-refractivity contribution in [2.45, 2.75) is 0 Å². The standard InChI is InChI=1S/C46H30N2O/c1-3-12-31(13-4-1)35-16-9-18-37(28-35)33-24-26-34(27-25-33)45-47-44(43-41-22-7-8-23-42(41)49-46(43)48-45)40-21-11-20-39(30-40)38-19-10-17-36(29-38)32-14-5-2-6-15-32/h1-30H. The summed E-state index contributed by atoms with van der Waals surface area (Å²) in [7, 11) is 0. The topological polar surface area (TPSA) is 38.9 Å². The number of furan rings is 1. The monoisotopic (exact) mass is 626 g/mol. The fraction of sp³-hybridized carbons (Fsp3) is 0. The second kappa shape index (κ2) is 12.2. The molecule has 0 aliphatic heterocycles. The quantitative estimate of drug-likeness (QED) is 0.184. The Balaban J connectivity index is 1.13. The molecular formula is C46H30N2O. The molecule has 7 aromatic carbocycles. The van der Waals surface area contributed by atoms with Crippen molar-refractivity contribution in [3.8, 4) is 67.2 Å². The van der Waals surface area contributed by atoms with Crippen molar-refractivity contribution in [2.24, 2.45) is 0 Å². The van der Waals surface area contributed by atoms with Crippen LogP contribution in [0.5, 0.6) is 0 Å². The molecule has 0 saturated carbocycles. The number of benzene rings is 7. The molecule has 0 unspecified atom stereocenters. The van der Waals surface area contributed by atoms with Gasteiger partial charge in [-0.2, -0.15) is 4.98 Å². The molecule has 3 heteroatoms. The van der Waals surface area contributed by atoms with E-state index < -0.39 is 0 Å². The minimum Gasteiger partial charge on any atom is -0.438 e. The maximum atomic E-state index is 6.35. The number of nitrogens with zero attached hydrogens (tertiary/aromatic N) is 2. The van der Waals surface area contributed by atoms with Gasteiger partial charge in [-0.05, 0) is 68.8 Å². The van der Waals surface area contributed by atoms with Gasteiger partial charge in [0.1, 0.15) is 5.58 Å². The zero-order valence-electron chi connectivity index (χ0n) is 26.6. The third-order valence-corrected chi connectivity index (χ3v) is 9.12. The summed E-state index contributed by atoms with van der Waals surface area (Å²) >= 11 is 0. The lowest BCUT2D eigenvalue weighted by Gasteiger charge is -2.11. The molecule has 0 saturated heterocycles. The first kappa shape index (κ1) is 28.6. The Labute approximate surface area is 284 Å². The van der Waals surface area contributed by atoms with Crippen LogP contribution in [0.25, 0.3) is 89.2 Å². The summed E-state index contributed by atoms with van der Waals surface area (Å²) < 4.78 is 6.35. The summed E-state index contributed by atoms with van der Waals surface area (Å²) in [4.78, 5) is 10.2. The normalized spacial score (nSPS) is 11.3. The maximum Gasteiger partial charge on any atom is 0.231 e. The van der Waals surface area contributed by atoms with Crippen molar-refractivity contribution in [3.05, 3.63) is 182 Å². The molecule has 9 aromatic rings. The lowest BCUT2D eigenvalue weighted by molar-refractivity contribution is 0.653. The number of aromatic nitrogens is 2. The van der Waals surface area contributed by atoms with Gasteiger partial charge in [-0.1, -0.05) is 158 Å². The van der Waals surface area contributed by atoms with E-state index in [1.54, 1.807) is 0 Å². The van der Waals surface area contributed by atoms with Gasteiger partial charge in [0.15, 0.2) is 5.82 Å². The number of para-hydroxylation sites is 1. The van der Waals surface area contributed by atoms with Crippen LogP contribution in [-0.4, -0.2) is 9.97 Å². The Morgan fingerprint density at radius 2 is 0.755 bits per heavy atom. The Hall–Kier alpha value is -6.58. The van der Waals surface area contributed by atoms with Crippen molar-refractivity contribution >= 4 is 22.1 Å². The minimum absolute atomic E-state index is 0.581. The van der Waals surface area contributed by atoms with Crippen molar-refractivity contribution in [3.63, 3.8) is 0 Å². The summed E-state index contributed by atoms with van der Waals surface area (Å²) in [5.74, 6) is 0.627. The molecule has 0 atom stereocenters. The van der Waals surface area contributed by atoms with Crippen LogP contribution in [0.1, 0.15) is 0 Å². The Morgan fingerprint density at radius 1 is 0.327 bits per heavy atom. The van der Waals surface area contributed by atoms with E-state index in [4.69, 9.17) is 14.4 Å². The van der Waals surface area contributed by atoms with E-state index in [0.29, 0.717) is 11.5 Å². The fourth-order valence-electron chi connectivity index (χ4n) is 6.64. The number of hydrogen-bond donors (Lipinski definition) is 0. The molecule has 0 spiro atoms. The first-order valence-electron chi connectivity index (χ1n) is 16.5. The van der Waals surface area contributed by atoms with Crippen LogP contribution in [0.4, 0.5) is 0 Å². The summed E-state index contributed by atoms with van der Waals surface area (Å²) in [6.07, 6.45) is 0. The second-order valence-electron chi connectivity index (χ2n) is 12.2. The highest BCUT2D eigenvalue weighted by atomic mass is 16.3. The first-order valence-corrected chi connectivity index (χ1v) is 16.5. The molecule has 0 radical (unpaired) electrons. The zero-order valence-corrected chi connectivity index (χ0v) is 26.6. The van der Waals surface area contributed by atoms with E-state index in [-0.39, 0.29) is 0 Å². The van der Waals surface area contributed by atoms with E-state index in [1.807, 2.05) is 30.3 Å². The molecule has 3 nitrogen and oxygen atoms in total. The van der Waals surface area contributed by atoms with Crippen LogP contribution in [-0.2, 0) is 0 Å². The minimum atomic E-state index is 0.581. The molecule has 0 bridgehead atoms. The highest BCUT2D eigenvalue weighted by Crippen LogP contribution is 2.38. The molecule has 0 N–H and O–H groups in total. The molecular weight excluding hydrogens is 597 g/mol. The van der Waals surface area contributed by atoms with Crippen LogP contribution in [0.15, 0.2) is 186 Å². The summed E-state index contributed by atoms with van der Waals surface area (Å²) in [6.45, 7) is 0. The fourth-order valence-corrected chi connectivity index (χ4v) is 6.64. The predicted molar refractivity (Wildman–Crippen MR) is 202 cm³/mol. The van der Waals surface area contributed by atoms with E-state index in [2.05, 4.69) is 152 Å². The number of fused-ring (bicyclic) bond motifs is 3. The Bertz CT molecular complexity index is 2590. The van der Waals surface area contributed by atoms with E-state index in [0.717, 1.165) is 55.4 Å². The van der Waals surface area contributed by atoms with Gasteiger partial charge in [0.05, 0.1) is 11.1 Å². The molecule has 2 heterocycles. The first-order chi connectivity index (χ1) is 24.3. The van der Waals surface area contributed by atoms with Gasteiger partial charge >= 0.3 is 0 Å². The lowest BCUT2D eigenvalue weighted by Crippen LogP contribution is -1.94. The lowest BCUT2D eigenvalue weighted by atomic mass is 9.96. The third kappa shape index (κ3) is 5.48. The van der Waals surface area contributed by atoms with E-state index >= 15 is 0 Å². The predicted octanol–water partition coefficient (Wildman–Crippen LogP) is 12.4. The van der Waals surface area contributed by atoms with E-state index in [1.165, 1.54) is 22.3 Å². The van der Waals surface area contributed by atoms with Crippen molar-refractivity contribution in [1.82, 2.24) is 9.97 Å². The molecule has 2 aromatic heterocycles. The Morgan fingerprint density at radius 3 is 1.35 bits per heavy atom. The van der Waals surface area contributed by atoms with Gasteiger partial charge in [-0.25, -0.2) is 4.98 Å². The van der Waals surface area contributed by atoms with Crippen molar-refractivity contribution in [1.29, 1.82) is 0 Å². The van der Waals surface area contributed by atoms with Crippen LogP contribution >= 0.6 is 0 Å². The molecule has 230 valence electrons. The Kier molecular flexibility index (Phi) is 7.14. The average Bonchev–Trinajstić information content (AvgIpc) is 3.57. The average molecular weight is 627 g/mol. The van der Waals surface area contributed by atoms with Crippen LogP contribution in [0.2, 0.25) is 0 Å². The molecule has 49 heavy (non-hydrogen) atoms. The van der Waals surface area contributed by atoms with Gasteiger partial charge in [0.25, 0.3) is 0 Å². The zero-order chi connectivity index (χ0) is 32.6. The molecule has 0 fully saturated rings. The molecule has 0 aliphatic carbocycles. The molecule has 0 amide bonds. The number of hydrogen-bond acceptors (Lipinski definition) is 3. The van der Waals surface area contributed by atoms with Gasteiger partial charge in [0, 0.05) is 16.5 Å². The summed E-state index contributed by atoms with van der Waals surface area (Å²) in [5, 5.41) is 1.92. The highest BCUT2D eigenvalue weighted by Gasteiger charge is 2.19. The summed E-state index contributed by atoms with van der Waals surface area (Å²) in [6, 6.07) is 63.5. The van der Waals surface area contributed by atoms with Gasteiger partial charge in [-0.3, -0.25) is 0 Å². The van der Waals surface area contributed by atoms with Gasteiger partial charge in [-0.15, -0.1) is 0 Å². The summed E-state index contributed by atoms with van der Waals surface area (Å²) in [5.41, 5.74) is 13.5. The largest absolute Gasteiger partial charge is 0.438 e. The van der Waals surface area contributed by atoms with Crippen LogP contribution in [0.3, 0.4) is 0 Å². The second-order valence-corrected chi connectivity index (χ2v) is 12.2. The van der Waals surface area contributed by atoms with Gasteiger partial charge < -0.3 is 4.42 Å². The van der Waals surface area contributed by atoms with Crippen LogP contribution < -0.4 is 0 Å². The van der Waals surface area contributed by atoms with Crippen molar-refractivity contribution in [2.75, 3.05) is 0 Å². The van der Waals surface area contributed by atoms with Crippen LogP contribution in [0, 0.1) is 0 Å². The molecule has 0 aliphatic rings. The maximum absolute atomic E-state index is 6.35. The third-order valence-electron chi connectivity index (χ3n) is 9.12.